The molecule has 0 aromatic carbocycles. The molecule has 0 bridgehead atoms. The molecule has 1 unspecified atom stereocenters. The van der Waals surface area contributed by atoms with Gasteiger partial charge in [-0.25, -0.2) is 9.59 Å². The second-order valence-corrected chi connectivity index (χ2v) is 6.28. The average molecular weight is 428 g/mol. The Morgan fingerprint density at radius 1 is 1.15 bits per heavy atom. The van der Waals surface area contributed by atoms with Gasteiger partial charge in [-0.1, -0.05) is 6.58 Å². The van der Waals surface area contributed by atoms with Crippen molar-refractivity contribution in [1.82, 2.24) is 0 Å². The highest BCUT2D eigenvalue weighted by atomic mass is 32.2. The van der Waals surface area contributed by atoms with Gasteiger partial charge in [0.1, 0.15) is 6.61 Å². The number of halogens is 5. The summed E-state index contributed by atoms with van der Waals surface area (Å²) in [5.74, 6) is -9.89. The quantitative estimate of drug-likeness (QED) is 0.178. The van der Waals surface area contributed by atoms with Crippen molar-refractivity contribution in [3.05, 3.63) is 12.7 Å². The number of hydrogen-bond donors (Lipinski definition) is 1. The van der Waals surface area contributed by atoms with Gasteiger partial charge in [0.15, 0.2) is 5.78 Å². The summed E-state index contributed by atoms with van der Waals surface area (Å²) in [7, 11) is -6.00. The molecule has 0 saturated heterocycles. The molecule has 156 valence electrons. The van der Waals surface area contributed by atoms with Crippen LogP contribution in [-0.4, -0.2) is 61.1 Å². The molecule has 0 aromatic heterocycles. The van der Waals surface area contributed by atoms with E-state index in [1.165, 1.54) is 0 Å². The van der Waals surface area contributed by atoms with Crippen molar-refractivity contribution in [2.45, 2.75) is 30.6 Å². The first-order valence-electron chi connectivity index (χ1n) is 6.58. The molecule has 9 nitrogen and oxygen atoms in total. The molecule has 0 aliphatic rings. The van der Waals surface area contributed by atoms with Crippen LogP contribution in [0.4, 0.5) is 22.0 Å². The Balaban J connectivity index is 5.79. The molecule has 0 fully saturated rings. The Labute approximate surface area is 148 Å². The lowest BCUT2D eigenvalue weighted by Crippen LogP contribution is -2.58. The number of hydrogen-bond acceptors (Lipinski definition) is 8. The van der Waals surface area contributed by atoms with Crippen LogP contribution in [0.3, 0.4) is 0 Å². The third kappa shape index (κ3) is 6.51. The minimum absolute atomic E-state index is 0.175. The van der Waals surface area contributed by atoms with Gasteiger partial charge in [-0.15, -0.1) is 0 Å². The molecular formula is C12H13F5O9S. The number of ether oxygens (including phenoxy) is 3. The summed E-state index contributed by atoms with van der Waals surface area (Å²) in [6, 6.07) is 0. The predicted molar refractivity (Wildman–Crippen MR) is 73.8 cm³/mol. The predicted octanol–water partition coefficient (Wildman–Crippen LogP) is 0.994. The van der Waals surface area contributed by atoms with Crippen molar-refractivity contribution < 1.29 is 63.5 Å². The molecule has 0 saturated carbocycles. The van der Waals surface area contributed by atoms with Gasteiger partial charge >= 0.3 is 39.3 Å². The van der Waals surface area contributed by atoms with E-state index in [0.29, 0.717) is 0 Å². The standard InChI is InChI=1S/C12H13F5O9S/c1-3-8(19)26-11(12(15,16)17,9(20)24-6-7(2)18)25-5-4-10(13,14)27(21,22)23/h3H,1,4-6H2,2H3,(H,21,22,23). The largest absolute Gasteiger partial charge is 0.468 e. The normalized spacial score (nSPS) is 14.8. The Kier molecular flexibility index (Phi) is 8.02. The number of rotatable bonds is 10. The summed E-state index contributed by atoms with van der Waals surface area (Å²) in [6.07, 6.45) is -7.77. The second-order valence-electron chi connectivity index (χ2n) is 4.73. The maximum atomic E-state index is 13.3. The maximum Gasteiger partial charge on any atom is 0.468 e. The second kappa shape index (κ2) is 8.71. The molecule has 0 aliphatic heterocycles. The van der Waals surface area contributed by atoms with Gasteiger partial charge in [0.05, 0.1) is 13.0 Å². The summed E-state index contributed by atoms with van der Waals surface area (Å²) in [6.45, 7) is 0.558. The smallest absolute Gasteiger partial charge is 0.453 e. The number of carbonyl (C=O) groups excluding carboxylic acids is 3. The van der Waals surface area contributed by atoms with Crippen LogP contribution in [0.25, 0.3) is 0 Å². The monoisotopic (exact) mass is 428 g/mol. The number of carbonyl (C=O) groups is 3. The summed E-state index contributed by atoms with van der Waals surface area (Å²) < 4.78 is 107. The molecular weight excluding hydrogens is 415 g/mol. The van der Waals surface area contributed by atoms with Crippen LogP contribution in [-0.2, 0) is 38.7 Å². The van der Waals surface area contributed by atoms with Gasteiger partial charge in [-0.2, -0.15) is 30.4 Å². The lowest BCUT2D eigenvalue weighted by atomic mass is 10.2. The van der Waals surface area contributed by atoms with E-state index in [0.717, 1.165) is 6.92 Å². The van der Waals surface area contributed by atoms with Crippen LogP contribution < -0.4 is 0 Å². The molecule has 27 heavy (non-hydrogen) atoms. The van der Waals surface area contributed by atoms with Gasteiger partial charge in [0.2, 0.25) is 0 Å². The van der Waals surface area contributed by atoms with Crippen LogP contribution in [0.2, 0.25) is 0 Å². The molecule has 0 radical (unpaired) electrons. The van der Waals surface area contributed by atoms with Gasteiger partial charge in [0, 0.05) is 6.08 Å². The Morgan fingerprint density at radius 2 is 1.67 bits per heavy atom. The third-order valence-corrected chi connectivity index (χ3v) is 3.49. The summed E-state index contributed by atoms with van der Waals surface area (Å²) in [4.78, 5) is 33.6. The molecule has 1 N–H and O–H groups in total. The minimum atomic E-state index is -6.00. The highest BCUT2D eigenvalue weighted by Gasteiger charge is 2.68. The van der Waals surface area contributed by atoms with E-state index < -0.39 is 64.7 Å². The molecule has 15 heteroatoms. The third-order valence-electron chi connectivity index (χ3n) is 2.54. The molecule has 0 heterocycles. The molecule has 0 spiro atoms. The fourth-order valence-corrected chi connectivity index (χ4v) is 1.61. The molecule has 0 aromatic rings. The van der Waals surface area contributed by atoms with Crippen LogP contribution in [0.5, 0.6) is 0 Å². The van der Waals surface area contributed by atoms with E-state index in [2.05, 4.69) is 20.8 Å². The number of ketones is 1. The van der Waals surface area contributed by atoms with Crippen molar-refractivity contribution >= 4 is 27.8 Å². The zero-order valence-electron chi connectivity index (χ0n) is 13.4. The summed E-state index contributed by atoms with van der Waals surface area (Å²) in [5.41, 5.74) is 0. The first-order valence-corrected chi connectivity index (χ1v) is 8.02. The summed E-state index contributed by atoms with van der Waals surface area (Å²) >= 11 is 0. The van der Waals surface area contributed by atoms with Crippen LogP contribution in [0, 0.1) is 0 Å². The van der Waals surface area contributed by atoms with Gasteiger partial charge < -0.3 is 14.2 Å². The highest BCUT2D eigenvalue weighted by Crippen LogP contribution is 2.37. The van der Waals surface area contributed by atoms with Crippen LogP contribution in [0.1, 0.15) is 13.3 Å². The lowest BCUT2D eigenvalue weighted by Gasteiger charge is -2.32. The number of Topliss-reactive ketones (excluding diaryl/α,β-unsaturated/α-hetero) is 1. The Hall–Kier alpha value is -2.13. The number of alkyl halides is 5. The summed E-state index contributed by atoms with van der Waals surface area (Å²) in [5, 5.41) is -4.93. The van der Waals surface area contributed by atoms with E-state index in [1.54, 1.807) is 0 Å². The first-order chi connectivity index (χ1) is 12.0. The van der Waals surface area contributed by atoms with Crippen molar-refractivity contribution in [1.29, 1.82) is 0 Å². The van der Waals surface area contributed by atoms with Crippen molar-refractivity contribution in [3.8, 4) is 0 Å². The van der Waals surface area contributed by atoms with Crippen molar-refractivity contribution in [2.75, 3.05) is 13.2 Å². The van der Waals surface area contributed by atoms with Gasteiger partial charge in [0.25, 0.3) is 0 Å². The van der Waals surface area contributed by atoms with Gasteiger partial charge in [-0.3, -0.25) is 9.35 Å². The first kappa shape index (κ1) is 24.9. The van der Waals surface area contributed by atoms with E-state index in [4.69, 9.17) is 4.55 Å². The molecule has 0 aliphatic carbocycles. The number of esters is 2. The highest BCUT2D eigenvalue weighted by molar-refractivity contribution is 7.86. The van der Waals surface area contributed by atoms with E-state index in [1.807, 2.05) is 0 Å². The lowest BCUT2D eigenvalue weighted by molar-refractivity contribution is -0.355. The van der Waals surface area contributed by atoms with Crippen LogP contribution in [0.15, 0.2) is 12.7 Å². The van der Waals surface area contributed by atoms with E-state index >= 15 is 0 Å². The average Bonchev–Trinajstić information content (AvgIpc) is 2.48. The van der Waals surface area contributed by atoms with Gasteiger partial charge in [-0.05, 0) is 6.92 Å². The molecule has 0 amide bonds. The Bertz CT molecular complexity index is 701. The Morgan fingerprint density at radius 3 is 2.04 bits per heavy atom. The molecule has 1 atom stereocenters. The van der Waals surface area contributed by atoms with E-state index in [-0.39, 0.29) is 6.08 Å². The molecule has 0 rings (SSSR count). The van der Waals surface area contributed by atoms with E-state index in [9.17, 15) is 44.8 Å². The fourth-order valence-electron chi connectivity index (χ4n) is 1.27. The maximum absolute atomic E-state index is 13.3. The topological polar surface area (TPSA) is 133 Å². The fraction of sp³-hybridized carbons (Fsp3) is 0.583. The minimum Gasteiger partial charge on any atom is -0.453 e. The van der Waals surface area contributed by atoms with Crippen molar-refractivity contribution in [3.63, 3.8) is 0 Å². The zero-order chi connectivity index (χ0) is 21.7. The van der Waals surface area contributed by atoms with Crippen molar-refractivity contribution in [2.24, 2.45) is 0 Å². The zero-order valence-corrected chi connectivity index (χ0v) is 14.2. The van der Waals surface area contributed by atoms with Crippen LogP contribution >= 0.6 is 0 Å². The SMILES string of the molecule is C=CC(=O)OC(OCCC(F)(F)S(=O)(=O)O)(C(=O)OCC(C)=O)C(F)(F)F.